The van der Waals surface area contributed by atoms with Crippen molar-refractivity contribution in [1.29, 1.82) is 0 Å². The average molecular weight is 404 g/mol. The molecule has 1 heterocycles. The molecule has 3 aromatic rings. The molecule has 0 spiro atoms. The van der Waals surface area contributed by atoms with Crippen LogP contribution in [0.25, 0.3) is 11.3 Å². The van der Waals surface area contributed by atoms with E-state index >= 15 is 0 Å². The molecule has 9 nitrogen and oxygen atoms in total. The topological polar surface area (TPSA) is 119 Å². The van der Waals surface area contributed by atoms with Crippen molar-refractivity contribution in [2.24, 2.45) is 0 Å². The molecule has 150 valence electrons. The molecule has 0 saturated heterocycles. The van der Waals surface area contributed by atoms with Gasteiger partial charge in [-0.3, -0.25) is 20.0 Å². The first kappa shape index (κ1) is 19.7. The second kappa shape index (κ2) is 8.33. The van der Waals surface area contributed by atoms with Gasteiger partial charge in [0, 0.05) is 5.56 Å². The van der Waals surface area contributed by atoms with Gasteiger partial charge in [-0.25, -0.2) is 0 Å². The van der Waals surface area contributed by atoms with Crippen molar-refractivity contribution in [3.05, 3.63) is 64.3 Å². The number of halogens is 2. The third-order valence-electron chi connectivity index (χ3n) is 3.85. The number of H-pyrrole nitrogens is 1. The van der Waals surface area contributed by atoms with Gasteiger partial charge in [0.05, 0.1) is 23.8 Å². The number of carbonyl (C=O) groups excluding carboxylic acids is 1. The van der Waals surface area contributed by atoms with Crippen LogP contribution < -0.4 is 14.8 Å². The number of hydrogen-bond donors (Lipinski definition) is 2. The second-order valence-corrected chi connectivity index (χ2v) is 5.66. The molecular formula is C18H14F2N4O5. The van der Waals surface area contributed by atoms with Gasteiger partial charge in [0.25, 0.3) is 11.6 Å². The number of nitrogens with zero attached hydrogens (tertiary/aromatic N) is 2. The van der Waals surface area contributed by atoms with E-state index in [1.165, 1.54) is 55.6 Å². The van der Waals surface area contributed by atoms with Crippen LogP contribution in [0.2, 0.25) is 0 Å². The molecule has 0 aliphatic heterocycles. The van der Waals surface area contributed by atoms with E-state index < -0.39 is 17.4 Å². The molecular weight excluding hydrogens is 390 g/mol. The van der Waals surface area contributed by atoms with Crippen LogP contribution in [0.15, 0.2) is 48.5 Å². The molecule has 3 rings (SSSR count). The fourth-order valence-corrected chi connectivity index (χ4v) is 2.48. The number of nitrogens with one attached hydrogen (secondary N) is 2. The molecule has 0 atom stereocenters. The number of ether oxygens (including phenoxy) is 2. The van der Waals surface area contributed by atoms with Crippen molar-refractivity contribution >= 4 is 17.3 Å². The Kier molecular flexibility index (Phi) is 5.67. The lowest BCUT2D eigenvalue weighted by Gasteiger charge is -2.06. The molecule has 1 amide bonds. The maximum Gasteiger partial charge on any atom is 0.387 e. The molecule has 0 aliphatic carbocycles. The normalized spacial score (nSPS) is 10.6. The maximum absolute atomic E-state index is 12.4. The first-order valence-electron chi connectivity index (χ1n) is 8.12. The fourth-order valence-electron chi connectivity index (χ4n) is 2.48. The predicted molar refractivity (Wildman–Crippen MR) is 98.3 cm³/mol. The van der Waals surface area contributed by atoms with E-state index in [0.29, 0.717) is 11.3 Å². The maximum atomic E-state index is 12.4. The van der Waals surface area contributed by atoms with Gasteiger partial charge in [0.2, 0.25) is 0 Å². The summed E-state index contributed by atoms with van der Waals surface area (Å²) in [7, 11) is 1.37. The molecule has 0 radical (unpaired) electrons. The number of rotatable bonds is 7. The largest absolute Gasteiger partial charge is 0.496 e. The van der Waals surface area contributed by atoms with E-state index in [9.17, 15) is 23.7 Å². The summed E-state index contributed by atoms with van der Waals surface area (Å²) < 4.78 is 33.6. The highest BCUT2D eigenvalue weighted by atomic mass is 19.3. The number of carbonyl (C=O) groups is 1. The number of anilines is 1. The fraction of sp³-hybridized carbons (Fsp3) is 0.111. The van der Waals surface area contributed by atoms with Crippen LogP contribution in [0.4, 0.5) is 20.2 Å². The van der Waals surface area contributed by atoms with Gasteiger partial charge in [-0.1, -0.05) is 0 Å². The third-order valence-corrected chi connectivity index (χ3v) is 3.85. The SMILES string of the molecule is COc1ccc(NC(=O)c2cc(-c3ccc(OC(F)F)cc3)n[nH]2)c([N+](=O)[O-])c1. The van der Waals surface area contributed by atoms with Crippen LogP contribution in [-0.4, -0.2) is 34.7 Å². The highest BCUT2D eigenvalue weighted by Crippen LogP contribution is 2.29. The minimum atomic E-state index is -2.93. The molecule has 0 fully saturated rings. The van der Waals surface area contributed by atoms with E-state index in [0.717, 1.165) is 0 Å². The minimum Gasteiger partial charge on any atom is -0.496 e. The number of amides is 1. The first-order chi connectivity index (χ1) is 13.9. The lowest BCUT2D eigenvalue weighted by molar-refractivity contribution is -0.384. The van der Waals surface area contributed by atoms with E-state index in [-0.39, 0.29) is 28.6 Å². The zero-order chi connectivity index (χ0) is 21.0. The standard InChI is InChI=1S/C18H14F2N4O5/c1-28-12-6-7-13(16(8-12)24(26)27)21-17(25)15-9-14(22-23-15)10-2-4-11(5-3-10)29-18(19)20/h2-9,18H,1H3,(H,21,25)(H,22,23). The van der Waals surface area contributed by atoms with Crippen molar-refractivity contribution in [3.63, 3.8) is 0 Å². The lowest BCUT2D eigenvalue weighted by Crippen LogP contribution is -2.13. The highest BCUT2D eigenvalue weighted by molar-refractivity contribution is 6.04. The molecule has 1 aromatic heterocycles. The zero-order valence-electron chi connectivity index (χ0n) is 14.9. The van der Waals surface area contributed by atoms with Crippen molar-refractivity contribution in [2.45, 2.75) is 6.61 Å². The number of benzene rings is 2. The number of alkyl halides is 2. The molecule has 2 aromatic carbocycles. The van der Waals surface area contributed by atoms with Crippen LogP contribution in [0.5, 0.6) is 11.5 Å². The van der Waals surface area contributed by atoms with E-state index in [1.807, 2.05) is 0 Å². The Morgan fingerprint density at radius 1 is 1.17 bits per heavy atom. The van der Waals surface area contributed by atoms with Crippen LogP contribution in [0.1, 0.15) is 10.5 Å². The van der Waals surface area contributed by atoms with Crippen LogP contribution in [0, 0.1) is 10.1 Å². The molecule has 0 aliphatic rings. The second-order valence-electron chi connectivity index (χ2n) is 5.66. The summed E-state index contributed by atoms with van der Waals surface area (Å²) in [6.45, 7) is -2.93. The number of aromatic amines is 1. The Morgan fingerprint density at radius 2 is 1.86 bits per heavy atom. The van der Waals surface area contributed by atoms with E-state index in [2.05, 4.69) is 20.3 Å². The number of nitro benzene ring substituents is 1. The number of methoxy groups -OCH3 is 1. The van der Waals surface area contributed by atoms with Crippen molar-refractivity contribution < 1.29 is 28.0 Å². The molecule has 0 bridgehead atoms. The molecule has 0 saturated carbocycles. The number of aromatic nitrogens is 2. The third kappa shape index (κ3) is 4.64. The number of nitro groups is 1. The Balaban J connectivity index is 1.77. The summed E-state index contributed by atoms with van der Waals surface area (Å²) in [5.41, 5.74) is 0.649. The summed E-state index contributed by atoms with van der Waals surface area (Å²) in [5, 5.41) is 20.2. The van der Waals surface area contributed by atoms with Gasteiger partial charge in [-0.15, -0.1) is 0 Å². The van der Waals surface area contributed by atoms with Gasteiger partial charge < -0.3 is 14.8 Å². The lowest BCUT2D eigenvalue weighted by atomic mass is 10.1. The predicted octanol–water partition coefficient (Wildman–Crippen LogP) is 3.85. The first-order valence-corrected chi connectivity index (χ1v) is 8.12. The quantitative estimate of drug-likeness (QED) is 0.456. The Hall–Kier alpha value is -4.02. The van der Waals surface area contributed by atoms with Gasteiger partial charge >= 0.3 is 6.61 Å². The molecule has 0 unspecified atom stereocenters. The van der Waals surface area contributed by atoms with Gasteiger partial charge in [0.15, 0.2) is 0 Å². The Bertz CT molecular complexity index is 1040. The van der Waals surface area contributed by atoms with Crippen LogP contribution >= 0.6 is 0 Å². The molecule has 2 N–H and O–H groups in total. The molecule has 11 heteroatoms. The minimum absolute atomic E-state index is 0.00884. The van der Waals surface area contributed by atoms with E-state index in [1.54, 1.807) is 0 Å². The van der Waals surface area contributed by atoms with Crippen LogP contribution in [-0.2, 0) is 0 Å². The van der Waals surface area contributed by atoms with E-state index in [4.69, 9.17) is 4.74 Å². The van der Waals surface area contributed by atoms with Crippen molar-refractivity contribution in [2.75, 3.05) is 12.4 Å². The number of hydrogen-bond acceptors (Lipinski definition) is 6. The highest BCUT2D eigenvalue weighted by Gasteiger charge is 2.19. The monoisotopic (exact) mass is 404 g/mol. The Labute approximate surface area is 162 Å². The summed E-state index contributed by atoms with van der Waals surface area (Å²) in [5.74, 6) is -0.378. The summed E-state index contributed by atoms with van der Waals surface area (Å²) >= 11 is 0. The van der Waals surface area contributed by atoms with Gasteiger partial charge in [-0.2, -0.15) is 13.9 Å². The summed E-state index contributed by atoms with van der Waals surface area (Å²) in [6.07, 6.45) is 0. The van der Waals surface area contributed by atoms with Crippen molar-refractivity contribution in [3.8, 4) is 22.8 Å². The zero-order valence-corrected chi connectivity index (χ0v) is 14.9. The Morgan fingerprint density at radius 3 is 2.48 bits per heavy atom. The van der Waals surface area contributed by atoms with Gasteiger partial charge in [0.1, 0.15) is 22.9 Å². The average Bonchev–Trinajstić information content (AvgIpc) is 3.18. The smallest absolute Gasteiger partial charge is 0.387 e. The summed E-state index contributed by atoms with van der Waals surface area (Å²) in [4.78, 5) is 23.0. The van der Waals surface area contributed by atoms with Gasteiger partial charge in [-0.05, 0) is 42.5 Å². The van der Waals surface area contributed by atoms with Crippen LogP contribution in [0.3, 0.4) is 0 Å². The van der Waals surface area contributed by atoms with Crippen molar-refractivity contribution in [1.82, 2.24) is 10.2 Å². The summed E-state index contributed by atoms with van der Waals surface area (Å²) in [6, 6.07) is 11.1. The molecule has 29 heavy (non-hydrogen) atoms.